The summed E-state index contributed by atoms with van der Waals surface area (Å²) in [4.78, 5) is 23.9. The van der Waals surface area contributed by atoms with E-state index in [4.69, 9.17) is 5.73 Å². The molecule has 1 saturated heterocycles. The number of thioether (sulfide) groups is 1. The molecular formula is C8H14N2O2S. The summed E-state index contributed by atoms with van der Waals surface area (Å²) in [5, 5.41) is 0. The van der Waals surface area contributed by atoms with E-state index in [1.807, 2.05) is 0 Å². The Balaban J connectivity index is 2.65. The van der Waals surface area contributed by atoms with Crippen LogP contribution in [0.2, 0.25) is 0 Å². The van der Waals surface area contributed by atoms with E-state index >= 15 is 0 Å². The van der Waals surface area contributed by atoms with Crippen molar-refractivity contribution in [2.24, 2.45) is 5.73 Å². The molecule has 1 heterocycles. The average Bonchev–Trinajstić information content (AvgIpc) is 1.95. The maximum absolute atomic E-state index is 11.3. The lowest BCUT2D eigenvalue weighted by atomic mass is 10.1. The Kier molecular flexibility index (Phi) is 2.98. The molecule has 0 spiro atoms. The molecule has 0 radical (unpaired) electrons. The van der Waals surface area contributed by atoms with E-state index in [0.717, 1.165) is 0 Å². The first-order chi connectivity index (χ1) is 5.90. The molecule has 5 heteroatoms. The molecule has 74 valence electrons. The minimum atomic E-state index is -0.507. The Morgan fingerprint density at radius 3 is 2.23 bits per heavy atom. The van der Waals surface area contributed by atoms with E-state index in [1.54, 1.807) is 13.8 Å². The molecule has 1 aliphatic heterocycles. The van der Waals surface area contributed by atoms with Crippen LogP contribution >= 0.6 is 11.8 Å². The first-order valence-corrected chi connectivity index (χ1v) is 5.25. The van der Waals surface area contributed by atoms with Gasteiger partial charge in [0.2, 0.25) is 11.8 Å². The lowest BCUT2D eigenvalue weighted by Crippen LogP contribution is -2.52. The van der Waals surface area contributed by atoms with Gasteiger partial charge in [-0.05, 0) is 13.8 Å². The predicted octanol–water partition coefficient (Wildman–Crippen LogP) is -0.174. The van der Waals surface area contributed by atoms with Crippen LogP contribution in [-0.2, 0) is 9.59 Å². The molecule has 0 aromatic carbocycles. The molecule has 0 unspecified atom stereocenters. The molecule has 0 aromatic rings. The number of nitrogens with zero attached hydrogens (tertiary/aromatic N) is 1. The largest absolute Gasteiger partial charge is 0.324 e. The van der Waals surface area contributed by atoms with Crippen LogP contribution in [-0.4, -0.2) is 40.3 Å². The fraction of sp³-hybridized carbons (Fsp3) is 0.750. The van der Waals surface area contributed by atoms with Gasteiger partial charge < -0.3 is 5.73 Å². The first kappa shape index (κ1) is 10.5. The van der Waals surface area contributed by atoms with Crippen LogP contribution < -0.4 is 5.73 Å². The average molecular weight is 202 g/mol. The van der Waals surface area contributed by atoms with Crippen LogP contribution in [0.1, 0.15) is 13.8 Å². The van der Waals surface area contributed by atoms with Crippen LogP contribution in [0.25, 0.3) is 0 Å². The molecule has 0 aliphatic carbocycles. The van der Waals surface area contributed by atoms with Gasteiger partial charge in [0.15, 0.2) is 0 Å². The number of hydrogen-bond acceptors (Lipinski definition) is 4. The van der Waals surface area contributed by atoms with Crippen molar-refractivity contribution in [3.05, 3.63) is 0 Å². The summed E-state index contributed by atoms with van der Waals surface area (Å²) < 4.78 is 0. The van der Waals surface area contributed by atoms with Gasteiger partial charge in [0.05, 0.1) is 11.5 Å². The minimum absolute atomic E-state index is 0.125. The number of carbonyl (C=O) groups is 2. The fourth-order valence-corrected chi connectivity index (χ4v) is 1.87. The molecule has 1 fully saturated rings. The van der Waals surface area contributed by atoms with Crippen molar-refractivity contribution in [1.29, 1.82) is 0 Å². The molecule has 0 aromatic heterocycles. The topological polar surface area (TPSA) is 63.4 Å². The summed E-state index contributed by atoms with van der Waals surface area (Å²) in [5.74, 6) is 0.531. The van der Waals surface area contributed by atoms with Gasteiger partial charge in [0.1, 0.15) is 0 Å². The molecule has 4 nitrogen and oxygen atoms in total. The molecule has 13 heavy (non-hydrogen) atoms. The lowest BCUT2D eigenvalue weighted by molar-refractivity contribution is -0.143. The molecule has 0 atom stereocenters. The highest BCUT2D eigenvalue weighted by molar-refractivity contribution is 8.00. The number of carbonyl (C=O) groups excluding carboxylic acids is 2. The lowest BCUT2D eigenvalue weighted by Gasteiger charge is -2.30. The van der Waals surface area contributed by atoms with E-state index in [-0.39, 0.29) is 11.8 Å². The first-order valence-electron chi connectivity index (χ1n) is 4.10. The molecule has 0 saturated carbocycles. The SMILES string of the molecule is CC(C)(N)CN1C(=O)CSCC1=O. The Hall–Kier alpha value is -0.550. The monoisotopic (exact) mass is 202 g/mol. The van der Waals surface area contributed by atoms with Gasteiger partial charge >= 0.3 is 0 Å². The number of nitrogens with two attached hydrogens (primary N) is 1. The van der Waals surface area contributed by atoms with Crippen molar-refractivity contribution >= 4 is 23.6 Å². The Bertz CT molecular complexity index is 219. The van der Waals surface area contributed by atoms with Crippen molar-refractivity contribution in [3.8, 4) is 0 Å². The van der Waals surface area contributed by atoms with Gasteiger partial charge in [0, 0.05) is 12.1 Å². The molecular weight excluding hydrogens is 188 g/mol. The summed E-state index contributed by atoms with van der Waals surface area (Å²) in [6.45, 7) is 3.91. The van der Waals surface area contributed by atoms with E-state index in [2.05, 4.69) is 0 Å². The summed E-state index contributed by atoms with van der Waals surface area (Å²) in [7, 11) is 0. The van der Waals surface area contributed by atoms with Gasteiger partial charge in [-0.3, -0.25) is 14.5 Å². The van der Waals surface area contributed by atoms with E-state index in [9.17, 15) is 9.59 Å². The molecule has 0 bridgehead atoms. The summed E-state index contributed by atoms with van der Waals surface area (Å²) in [6, 6.07) is 0. The van der Waals surface area contributed by atoms with Gasteiger partial charge in [-0.1, -0.05) is 0 Å². The number of amides is 2. The highest BCUT2D eigenvalue weighted by Crippen LogP contribution is 2.14. The van der Waals surface area contributed by atoms with Crippen LogP contribution in [0.15, 0.2) is 0 Å². The van der Waals surface area contributed by atoms with Crippen molar-refractivity contribution in [2.45, 2.75) is 19.4 Å². The van der Waals surface area contributed by atoms with Gasteiger partial charge in [-0.2, -0.15) is 0 Å². The third-order valence-electron chi connectivity index (χ3n) is 1.62. The number of rotatable bonds is 2. The quantitative estimate of drug-likeness (QED) is 0.631. The second-order valence-corrected chi connectivity index (χ2v) is 4.84. The standard InChI is InChI=1S/C8H14N2O2S/c1-8(2,9)5-10-6(11)3-13-4-7(10)12/h3-5,9H2,1-2H3. The van der Waals surface area contributed by atoms with Gasteiger partial charge in [-0.15, -0.1) is 11.8 Å². The van der Waals surface area contributed by atoms with Crippen molar-refractivity contribution < 1.29 is 9.59 Å². The second-order valence-electron chi connectivity index (χ2n) is 3.86. The van der Waals surface area contributed by atoms with Gasteiger partial charge in [0.25, 0.3) is 0 Å². The Morgan fingerprint density at radius 2 is 1.85 bits per heavy atom. The highest BCUT2D eigenvalue weighted by Gasteiger charge is 2.29. The normalized spacial score (nSPS) is 19.5. The van der Waals surface area contributed by atoms with E-state index in [0.29, 0.717) is 18.1 Å². The molecule has 1 rings (SSSR count). The summed E-state index contributed by atoms with van der Waals surface area (Å²) in [5.41, 5.74) is 5.23. The van der Waals surface area contributed by atoms with Gasteiger partial charge in [-0.25, -0.2) is 0 Å². The zero-order valence-corrected chi connectivity index (χ0v) is 8.69. The highest BCUT2D eigenvalue weighted by atomic mass is 32.2. The predicted molar refractivity (Wildman–Crippen MR) is 52.3 cm³/mol. The Labute approximate surface area is 81.8 Å². The van der Waals surface area contributed by atoms with E-state index in [1.165, 1.54) is 16.7 Å². The smallest absolute Gasteiger partial charge is 0.239 e. The molecule has 2 amide bonds. The van der Waals surface area contributed by atoms with E-state index < -0.39 is 5.54 Å². The maximum atomic E-state index is 11.3. The summed E-state index contributed by atoms with van der Waals surface area (Å²) >= 11 is 1.36. The van der Waals surface area contributed by atoms with Crippen molar-refractivity contribution in [2.75, 3.05) is 18.1 Å². The number of imide groups is 1. The van der Waals surface area contributed by atoms with Crippen molar-refractivity contribution in [3.63, 3.8) is 0 Å². The zero-order chi connectivity index (χ0) is 10.1. The van der Waals surface area contributed by atoms with Crippen LogP contribution in [0.5, 0.6) is 0 Å². The third kappa shape index (κ3) is 3.00. The minimum Gasteiger partial charge on any atom is -0.324 e. The number of hydrogen-bond donors (Lipinski definition) is 1. The third-order valence-corrected chi connectivity index (χ3v) is 2.52. The Morgan fingerprint density at radius 1 is 1.38 bits per heavy atom. The fourth-order valence-electron chi connectivity index (χ4n) is 1.10. The van der Waals surface area contributed by atoms with Crippen LogP contribution in [0, 0.1) is 0 Å². The molecule has 1 aliphatic rings. The zero-order valence-electron chi connectivity index (χ0n) is 7.87. The van der Waals surface area contributed by atoms with Crippen molar-refractivity contribution in [1.82, 2.24) is 4.90 Å². The molecule has 2 N–H and O–H groups in total. The maximum Gasteiger partial charge on any atom is 0.239 e. The van der Waals surface area contributed by atoms with Crippen LogP contribution in [0.4, 0.5) is 0 Å². The summed E-state index contributed by atoms with van der Waals surface area (Å²) in [6.07, 6.45) is 0. The van der Waals surface area contributed by atoms with Crippen LogP contribution in [0.3, 0.4) is 0 Å². The second kappa shape index (κ2) is 3.67.